The van der Waals surface area contributed by atoms with E-state index in [0.29, 0.717) is 18.0 Å². The Kier molecular flexibility index (Phi) is 4.81. The van der Waals surface area contributed by atoms with Gasteiger partial charge in [-0.05, 0) is 38.4 Å². The number of aromatic nitrogens is 2. The predicted octanol–water partition coefficient (Wildman–Crippen LogP) is 1.15. The number of aromatic amines is 1. The number of rotatable bonds is 7. The van der Waals surface area contributed by atoms with Gasteiger partial charge in [0.2, 0.25) is 0 Å². The van der Waals surface area contributed by atoms with Crippen LogP contribution in [0.4, 0.5) is 5.69 Å². The van der Waals surface area contributed by atoms with Crippen molar-refractivity contribution in [3.05, 3.63) is 36.8 Å². The highest BCUT2D eigenvalue weighted by atomic mass is 32.2. The highest BCUT2D eigenvalue weighted by Gasteiger charge is 2.15. The van der Waals surface area contributed by atoms with Crippen molar-refractivity contribution in [2.24, 2.45) is 0 Å². The lowest BCUT2D eigenvalue weighted by molar-refractivity contribution is 0.261. The second-order valence-corrected chi connectivity index (χ2v) is 6.35. The number of anilines is 1. The number of hydrogen-bond acceptors (Lipinski definition) is 5. The molecule has 0 bridgehead atoms. The lowest BCUT2D eigenvalue weighted by atomic mass is 10.3. The van der Waals surface area contributed by atoms with Crippen LogP contribution in [0, 0.1) is 0 Å². The number of nitrogens with zero attached hydrogens (tertiary/aromatic N) is 2. The Bertz CT molecular complexity index is 651. The fraction of sp³-hybridized carbons (Fsp3) is 0.308. The Morgan fingerprint density at radius 2 is 2.00 bits per heavy atom. The van der Waals surface area contributed by atoms with Gasteiger partial charge in [-0.1, -0.05) is 0 Å². The van der Waals surface area contributed by atoms with E-state index in [-0.39, 0.29) is 5.03 Å². The van der Waals surface area contributed by atoms with Crippen molar-refractivity contribution in [1.29, 1.82) is 0 Å². The molecule has 0 aliphatic carbocycles. The number of H-pyrrole nitrogens is 1. The summed E-state index contributed by atoms with van der Waals surface area (Å²) in [5.74, 6) is 0.696. The maximum absolute atomic E-state index is 12.0. The van der Waals surface area contributed by atoms with Gasteiger partial charge < -0.3 is 14.6 Å². The molecule has 2 aromatic rings. The number of benzene rings is 1. The standard InChI is InChI=1S/C13H18N4O3S/c1-17(2)7-8-20-12-5-3-11(4-6-12)16-21(18,19)13-9-14-10-15-13/h3-6,9-10,16H,7-8H2,1-2H3,(H,14,15). The molecule has 0 fully saturated rings. The van der Waals surface area contributed by atoms with Gasteiger partial charge in [-0.25, -0.2) is 4.98 Å². The Balaban J connectivity index is 1.96. The van der Waals surface area contributed by atoms with Gasteiger partial charge in [0.15, 0.2) is 5.03 Å². The van der Waals surface area contributed by atoms with E-state index in [1.54, 1.807) is 24.3 Å². The highest BCUT2D eigenvalue weighted by molar-refractivity contribution is 7.92. The molecule has 0 unspecified atom stereocenters. The second-order valence-electron chi connectivity index (χ2n) is 4.70. The Morgan fingerprint density at radius 1 is 1.29 bits per heavy atom. The summed E-state index contributed by atoms with van der Waals surface area (Å²) in [5, 5.41) is 0.0220. The van der Waals surface area contributed by atoms with E-state index in [0.717, 1.165) is 6.54 Å². The first-order chi connectivity index (χ1) is 9.97. The summed E-state index contributed by atoms with van der Waals surface area (Å²) in [6.07, 6.45) is 2.57. The Hall–Kier alpha value is -2.06. The minimum atomic E-state index is -3.63. The van der Waals surface area contributed by atoms with Gasteiger partial charge in [-0.15, -0.1) is 0 Å². The lowest BCUT2D eigenvalue weighted by Crippen LogP contribution is -2.19. The third-order valence-electron chi connectivity index (χ3n) is 2.68. The topological polar surface area (TPSA) is 87.3 Å². The largest absolute Gasteiger partial charge is 0.492 e. The molecule has 1 aromatic carbocycles. The van der Waals surface area contributed by atoms with Crippen molar-refractivity contribution >= 4 is 15.7 Å². The van der Waals surface area contributed by atoms with Crippen molar-refractivity contribution in [1.82, 2.24) is 14.9 Å². The zero-order valence-corrected chi connectivity index (χ0v) is 12.7. The fourth-order valence-corrected chi connectivity index (χ4v) is 2.53. The van der Waals surface area contributed by atoms with Crippen LogP contribution in [0.2, 0.25) is 0 Å². The van der Waals surface area contributed by atoms with Gasteiger partial charge in [0.25, 0.3) is 10.0 Å². The van der Waals surface area contributed by atoms with Crippen molar-refractivity contribution in [2.45, 2.75) is 5.03 Å². The highest BCUT2D eigenvalue weighted by Crippen LogP contribution is 2.18. The molecule has 1 heterocycles. The van der Waals surface area contributed by atoms with Gasteiger partial charge >= 0.3 is 0 Å². The van der Waals surface area contributed by atoms with E-state index in [4.69, 9.17) is 4.74 Å². The molecule has 1 aromatic heterocycles. The van der Waals surface area contributed by atoms with Crippen LogP contribution in [0.3, 0.4) is 0 Å². The third-order valence-corrected chi connectivity index (χ3v) is 3.98. The Morgan fingerprint density at radius 3 is 2.57 bits per heavy atom. The molecule has 0 aliphatic rings. The van der Waals surface area contributed by atoms with E-state index in [2.05, 4.69) is 14.7 Å². The summed E-state index contributed by atoms with van der Waals surface area (Å²) < 4.78 is 31.9. The molecule has 7 nitrogen and oxygen atoms in total. The van der Waals surface area contributed by atoms with Crippen molar-refractivity contribution in [3.63, 3.8) is 0 Å². The normalized spacial score (nSPS) is 11.6. The molecule has 2 N–H and O–H groups in total. The maximum atomic E-state index is 12.0. The second kappa shape index (κ2) is 6.59. The van der Waals surface area contributed by atoms with Crippen LogP contribution in [-0.2, 0) is 10.0 Å². The van der Waals surface area contributed by atoms with Gasteiger partial charge in [0.05, 0.1) is 12.5 Å². The van der Waals surface area contributed by atoms with Crippen LogP contribution in [-0.4, -0.2) is 50.5 Å². The molecule has 0 radical (unpaired) electrons. The van der Waals surface area contributed by atoms with Gasteiger partial charge in [-0.2, -0.15) is 8.42 Å². The monoisotopic (exact) mass is 310 g/mol. The van der Waals surface area contributed by atoms with Crippen LogP contribution in [0.5, 0.6) is 5.75 Å². The smallest absolute Gasteiger partial charge is 0.278 e. The molecule has 0 spiro atoms. The molecule has 21 heavy (non-hydrogen) atoms. The fourth-order valence-electron chi connectivity index (χ4n) is 1.57. The van der Waals surface area contributed by atoms with Gasteiger partial charge in [0, 0.05) is 12.2 Å². The first-order valence-corrected chi connectivity index (χ1v) is 7.84. The minimum absolute atomic E-state index is 0.0220. The molecule has 2 rings (SSSR count). The number of hydrogen-bond donors (Lipinski definition) is 2. The lowest BCUT2D eigenvalue weighted by Gasteiger charge is -2.11. The summed E-state index contributed by atoms with van der Waals surface area (Å²) in [6, 6.07) is 6.75. The molecule has 8 heteroatoms. The van der Waals surface area contributed by atoms with E-state index in [1.807, 2.05) is 19.0 Å². The van der Waals surface area contributed by atoms with Gasteiger partial charge in [0.1, 0.15) is 12.4 Å². The van der Waals surface area contributed by atoms with E-state index < -0.39 is 10.0 Å². The molecule has 0 amide bonds. The zero-order valence-electron chi connectivity index (χ0n) is 11.9. The zero-order chi connectivity index (χ0) is 15.3. The van der Waals surface area contributed by atoms with Crippen LogP contribution < -0.4 is 9.46 Å². The first-order valence-electron chi connectivity index (χ1n) is 6.36. The SMILES string of the molecule is CN(C)CCOc1ccc(NS(=O)(=O)c2cnc[nH]2)cc1. The number of imidazole rings is 1. The number of ether oxygens (including phenoxy) is 1. The average Bonchev–Trinajstić information content (AvgIpc) is 2.95. The summed E-state index contributed by atoms with van der Waals surface area (Å²) >= 11 is 0. The van der Waals surface area contributed by atoms with Crippen molar-refractivity contribution in [3.8, 4) is 5.75 Å². The van der Waals surface area contributed by atoms with Crippen LogP contribution in [0.15, 0.2) is 41.8 Å². The van der Waals surface area contributed by atoms with E-state index in [1.165, 1.54) is 12.5 Å². The van der Waals surface area contributed by atoms with E-state index >= 15 is 0 Å². The quantitative estimate of drug-likeness (QED) is 0.801. The number of nitrogens with one attached hydrogen (secondary N) is 2. The summed E-state index contributed by atoms with van der Waals surface area (Å²) in [4.78, 5) is 8.27. The van der Waals surface area contributed by atoms with Crippen molar-refractivity contribution < 1.29 is 13.2 Å². The first kappa shape index (κ1) is 15.3. The Labute approximate surface area is 124 Å². The van der Waals surface area contributed by atoms with Gasteiger partial charge in [-0.3, -0.25) is 4.72 Å². The molecule has 0 saturated carbocycles. The summed E-state index contributed by atoms with van der Waals surface area (Å²) in [6.45, 7) is 1.39. The van der Waals surface area contributed by atoms with Crippen LogP contribution >= 0.6 is 0 Å². The average molecular weight is 310 g/mol. The molecular formula is C13H18N4O3S. The predicted molar refractivity (Wildman–Crippen MR) is 79.9 cm³/mol. The number of sulfonamides is 1. The maximum Gasteiger partial charge on any atom is 0.278 e. The van der Waals surface area contributed by atoms with Crippen molar-refractivity contribution in [2.75, 3.05) is 32.0 Å². The minimum Gasteiger partial charge on any atom is -0.492 e. The third kappa shape index (κ3) is 4.47. The van der Waals surface area contributed by atoms with Crippen LogP contribution in [0.1, 0.15) is 0 Å². The van der Waals surface area contributed by atoms with Crippen LogP contribution in [0.25, 0.3) is 0 Å². The number of likely N-dealkylation sites (N-methyl/N-ethyl adjacent to an activating group) is 1. The molecule has 0 aliphatic heterocycles. The summed E-state index contributed by atoms with van der Waals surface area (Å²) in [7, 11) is 0.311. The van der Waals surface area contributed by atoms with E-state index in [9.17, 15) is 8.42 Å². The molecule has 114 valence electrons. The molecular weight excluding hydrogens is 292 g/mol. The molecule has 0 saturated heterocycles. The molecule has 0 atom stereocenters. The summed E-state index contributed by atoms with van der Waals surface area (Å²) in [5.41, 5.74) is 0.463.